The number of hydrogen-bond acceptors (Lipinski definition) is 6. The van der Waals surface area contributed by atoms with Gasteiger partial charge in [-0.1, -0.05) is 0 Å². The van der Waals surface area contributed by atoms with E-state index >= 15 is 0 Å². The van der Waals surface area contributed by atoms with Gasteiger partial charge in [-0.15, -0.1) is 0 Å². The van der Waals surface area contributed by atoms with E-state index in [4.69, 9.17) is 14.2 Å². The Labute approximate surface area is 144 Å². The van der Waals surface area contributed by atoms with E-state index in [-0.39, 0.29) is 20.9 Å². The molecule has 1 aromatic heterocycles. The van der Waals surface area contributed by atoms with Gasteiger partial charge in [0, 0.05) is 0 Å². The summed E-state index contributed by atoms with van der Waals surface area (Å²) in [5, 5.41) is 2.83. The third kappa shape index (κ3) is 3.06. The molecular formula is C16H15N3O4Se. The fourth-order valence-electron chi connectivity index (χ4n) is 2.28. The van der Waals surface area contributed by atoms with E-state index in [0.29, 0.717) is 28.5 Å². The minimum absolute atomic E-state index is 0.117. The molecule has 0 bridgehead atoms. The summed E-state index contributed by atoms with van der Waals surface area (Å²) in [6.07, 6.45) is 0. The van der Waals surface area contributed by atoms with E-state index in [2.05, 4.69) is 13.3 Å². The van der Waals surface area contributed by atoms with Crippen LogP contribution in [-0.4, -0.2) is 50.2 Å². The predicted molar refractivity (Wildman–Crippen MR) is 90.5 cm³/mol. The van der Waals surface area contributed by atoms with Crippen molar-refractivity contribution in [3.63, 3.8) is 0 Å². The summed E-state index contributed by atoms with van der Waals surface area (Å²) in [4.78, 5) is 12.5. The minimum atomic E-state index is -0.248. The molecule has 24 heavy (non-hydrogen) atoms. The third-order valence-corrected chi connectivity index (χ3v) is 4.61. The van der Waals surface area contributed by atoms with Gasteiger partial charge in [-0.25, -0.2) is 0 Å². The summed E-state index contributed by atoms with van der Waals surface area (Å²) in [5.74, 6) is 1.16. The number of benzene rings is 2. The molecule has 124 valence electrons. The van der Waals surface area contributed by atoms with Gasteiger partial charge in [-0.3, -0.25) is 0 Å². The predicted octanol–water partition coefficient (Wildman–Crippen LogP) is 1.96. The van der Waals surface area contributed by atoms with Gasteiger partial charge in [0.15, 0.2) is 0 Å². The van der Waals surface area contributed by atoms with Crippen molar-refractivity contribution >= 4 is 37.6 Å². The molecule has 3 rings (SSSR count). The first kappa shape index (κ1) is 16.3. The number of aromatic nitrogens is 2. The van der Waals surface area contributed by atoms with E-state index < -0.39 is 0 Å². The maximum atomic E-state index is 12.5. The van der Waals surface area contributed by atoms with Crippen LogP contribution in [-0.2, 0) is 0 Å². The molecule has 7 nitrogen and oxygen atoms in total. The zero-order valence-corrected chi connectivity index (χ0v) is 15.0. The Kier molecular flexibility index (Phi) is 4.69. The van der Waals surface area contributed by atoms with E-state index in [1.807, 2.05) is 0 Å². The quantitative estimate of drug-likeness (QED) is 0.669. The maximum absolute atomic E-state index is 12.5. The standard InChI is InChI=1S/C16H15N3O4Se/c1-21-13-7-10(8-14(22-2)15(13)23-3)17-16(20)9-4-5-11-12(6-9)19-24-18-11/h4-8H,1-3H3,(H,17,20). The molecule has 0 saturated heterocycles. The Bertz CT molecular complexity index is 869. The Morgan fingerprint density at radius 1 is 0.958 bits per heavy atom. The van der Waals surface area contributed by atoms with Crippen LogP contribution in [0.2, 0.25) is 0 Å². The summed E-state index contributed by atoms with van der Waals surface area (Å²) in [5.41, 5.74) is 2.65. The van der Waals surface area contributed by atoms with E-state index in [1.165, 1.54) is 21.3 Å². The van der Waals surface area contributed by atoms with Crippen molar-refractivity contribution in [2.24, 2.45) is 0 Å². The average molecular weight is 392 g/mol. The number of anilines is 1. The first-order valence-electron chi connectivity index (χ1n) is 7.00. The molecule has 0 spiro atoms. The van der Waals surface area contributed by atoms with Gasteiger partial charge >= 0.3 is 144 Å². The molecule has 2 aromatic carbocycles. The molecule has 0 unspecified atom stereocenters. The summed E-state index contributed by atoms with van der Waals surface area (Å²) in [7, 11) is 4.57. The van der Waals surface area contributed by atoms with Gasteiger partial charge in [0.25, 0.3) is 0 Å². The molecule has 0 aliphatic heterocycles. The SMILES string of the molecule is COc1cc(NC(=O)c2ccc3n[se]nc3c2)cc(OC)c1OC. The Hall–Kier alpha value is -2.57. The number of nitrogens with one attached hydrogen (secondary N) is 1. The molecule has 1 N–H and O–H groups in total. The number of carbonyl (C=O) groups excluding carboxylic acids is 1. The molecule has 0 saturated carbocycles. The summed E-state index contributed by atoms with van der Waals surface area (Å²) in [6.45, 7) is 0. The average Bonchev–Trinajstić information content (AvgIpc) is 3.08. The molecule has 1 heterocycles. The van der Waals surface area contributed by atoms with Gasteiger partial charge in [0.1, 0.15) is 0 Å². The van der Waals surface area contributed by atoms with Crippen LogP contribution in [0, 0.1) is 0 Å². The molecular weight excluding hydrogens is 377 g/mol. The van der Waals surface area contributed by atoms with Gasteiger partial charge in [-0.05, 0) is 0 Å². The number of rotatable bonds is 5. The van der Waals surface area contributed by atoms with Crippen molar-refractivity contribution in [2.75, 3.05) is 26.6 Å². The van der Waals surface area contributed by atoms with Crippen molar-refractivity contribution < 1.29 is 19.0 Å². The van der Waals surface area contributed by atoms with Gasteiger partial charge in [0.2, 0.25) is 0 Å². The molecule has 0 aliphatic rings. The van der Waals surface area contributed by atoms with E-state index in [0.717, 1.165) is 11.0 Å². The van der Waals surface area contributed by atoms with E-state index in [9.17, 15) is 4.79 Å². The fraction of sp³-hybridized carbons (Fsp3) is 0.188. The van der Waals surface area contributed by atoms with Crippen LogP contribution in [0.4, 0.5) is 5.69 Å². The topological polar surface area (TPSA) is 82.6 Å². The summed E-state index contributed by atoms with van der Waals surface area (Å²) in [6, 6.07) is 8.62. The number of hydrogen-bond donors (Lipinski definition) is 1. The summed E-state index contributed by atoms with van der Waals surface area (Å²) >= 11 is -0.117. The van der Waals surface area contributed by atoms with Crippen molar-refractivity contribution in [1.29, 1.82) is 0 Å². The first-order valence-corrected chi connectivity index (χ1v) is 8.53. The van der Waals surface area contributed by atoms with Crippen molar-refractivity contribution in [3.05, 3.63) is 35.9 Å². The zero-order chi connectivity index (χ0) is 17.1. The van der Waals surface area contributed by atoms with Gasteiger partial charge < -0.3 is 0 Å². The molecule has 0 fully saturated rings. The van der Waals surface area contributed by atoms with Crippen molar-refractivity contribution in [1.82, 2.24) is 7.96 Å². The number of nitrogens with zero attached hydrogens (tertiary/aromatic N) is 2. The summed E-state index contributed by atoms with van der Waals surface area (Å²) < 4.78 is 24.4. The Morgan fingerprint density at radius 3 is 2.25 bits per heavy atom. The first-order chi connectivity index (χ1) is 11.7. The van der Waals surface area contributed by atoms with Crippen LogP contribution in [0.1, 0.15) is 10.4 Å². The zero-order valence-electron chi connectivity index (χ0n) is 13.3. The number of carbonyl (C=O) groups is 1. The van der Waals surface area contributed by atoms with Crippen LogP contribution in [0.15, 0.2) is 30.3 Å². The number of methoxy groups -OCH3 is 3. The second-order valence-corrected chi connectivity index (χ2v) is 5.94. The number of amides is 1. The van der Waals surface area contributed by atoms with Crippen LogP contribution in [0.5, 0.6) is 17.2 Å². The monoisotopic (exact) mass is 393 g/mol. The molecule has 8 heteroatoms. The third-order valence-electron chi connectivity index (χ3n) is 3.44. The molecule has 3 aromatic rings. The van der Waals surface area contributed by atoms with Crippen molar-refractivity contribution in [2.45, 2.75) is 0 Å². The molecule has 0 radical (unpaired) electrons. The van der Waals surface area contributed by atoms with Crippen molar-refractivity contribution in [3.8, 4) is 17.2 Å². The van der Waals surface area contributed by atoms with Crippen LogP contribution in [0.3, 0.4) is 0 Å². The number of ether oxygens (including phenoxy) is 3. The van der Waals surface area contributed by atoms with E-state index in [1.54, 1.807) is 30.3 Å². The van der Waals surface area contributed by atoms with Crippen LogP contribution in [0.25, 0.3) is 11.0 Å². The Morgan fingerprint density at radius 2 is 1.62 bits per heavy atom. The van der Waals surface area contributed by atoms with Gasteiger partial charge in [-0.2, -0.15) is 0 Å². The number of fused-ring (bicyclic) bond motifs is 1. The normalized spacial score (nSPS) is 10.5. The van der Waals surface area contributed by atoms with Gasteiger partial charge in [0.05, 0.1) is 0 Å². The molecule has 1 amide bonds. The fourth-order valence-corrected chi connectivity index (χ4v) is 3.37. The second-order valence-electron chi connectivity index (χ2n) is 4.84. The van der Waals surface area contributed by atoms with Crippen LogP contribution < -0.4 is 19.5 Å². The molecule has 0 atom stereocenters. The van der Waals surface area contributed by atoms with Crippen LogP contribution >= 0.6 is 0 Å². The second kappa shape index (κ2) is 6.90. The molecule has 0 aliphatic carbocycles. The Balaban J connectivity index is 1.90.